The first-order chi connectivity index (χ1) is 13.1. The van der Waals surface area contributed by atoms with Gasteiger partial charge in [0.15, 0.2) is 0 Å². The van der Waals surface area contributed by atoms with Gasteiger partial charge in [0.2, 0.25) is 0 Å². The fourth-order valence-corrected chi connectivity index (χ4v) is 2.93. The van der Waals surface area contributed by atoms with E-state index in [4.69, 9.17) is 16.3 Å². The van der Waals surface area contributed by atoms with Gasteiger partial charge >= 0.3 is 0 Å². The summed E-state index contributed by atoms with van der Waals surface area (Å²) in [6.07, 6.45) is 5.15. The molecule has 1 aromatic carbocycles. The number of rotatable bonds is 7. The molecular formula is C23H23ClN2O. The maximum absolute atomic E-state index is 6.16. The van der Waals surface area contributed by atoms with Gasteiger partial charge in [-0.05, 0) is 48.8 Å². The number of nitrogens with zero attached hydrogens (tertiary/aromatic N) is 1. The fourth-order valence-electron chi connectivity index (χ4n) is 2.79. The predicted octanol–water partition coefficient (Wildman–Crippen LogP) is 6.77. The predicted molar refractivity (Wildman–Crippen MR) is 114 cm³/mol. The molecular weight excluding hydrogens is 356 g/mol. The molecule has 0 amide bonds. The Morgan fingerprint density at radius 1 is 1.22 bits per heavy atom. The van der Waals surface area contributed by atoms with Gasteiger partial charge in [0.1, 0.15) is 23.2 Å². The molecule has 2 heterocycles. The molecule has 0 bridgehead atoms. The van der Waals surface area contributed by atoms with Crippen molar-refractivity contribution in [1.82, 2.24) is 9.97 Å². The van der Waals surface area contributed by atoms with E-state index in [2.05, 4.69) is 35.6 Å². The minimum absolute atomic E-state index is 0.425. The molecule has 0 fully saturated rings. The van der Waals surface area contributed by atoms with Crippen LogP contribution in [0.2, 0.25) is 5.15 Å². The van der Waals surface area contributed by atoms with Crippen molar-refractivity contribution in [2.45, 2.75) is 26.9 Å². The molecule has 3 rings (SSSR count). The Kier molecular flexibility index (Phi) is 6.15. The van der Waals surface area contributed by atoms with E-state index in [0.29, 0.717) is 23.2 Å². The summed E-state index contributed by atoms with van der Waals surface area (Å²) in [6.45, 7) is 8.65. The molecule has 0 aliphatic carbocycles. The lowest BCUT2D eigenvalue weighted by Gasteiger charge is -2.10. The molecule has 0 saturated carbocycles. The summed E-state index contributed by atoms with van der Waals surface area (Å²) < 4.78 is 6.04. The number of nitrogens with one attached hydrogen (secondary N) is 1. The van der Waals surface area contributed by atoms with Gasteiger partial charge in [-0.25, -0.2) is 4.98 Å². The van der Waals surface area contributed by atoms with E-state index in [-0.39, 0.29) is 0 Å². The van der Waals surface area contributed by atoms with Crippen LogP contribution in [0.1, 0.15) is 37.1 Å². The number of aromatic nitrogens is 2. The van der Waals surface area contributed by atoms with Crippen molar-refractivity contribution in [2.75, 3.05) is 0 Å². The highest BCUT2D eigenvalue weighted by Gasteiger charge is 2.15. The first kappa shape index (κ1) is 19.0. The molecule has 27 heavy (non-hydrogen) atoms. The third-order valence-electron chi connectivity index (χ3n) is 4.14. The largest absolute Gasteiger partial charge is 0.487 e. The standard InChI is InChI=1S/C23H23ClN2O/c1-4-5-11-19-18(16(2)3)14-20(25-19)23-21(12-13-22(24)26-23)27-15-17-9-7-6-8-10-17/h5-14,25H,2,4,15H2,1,3H3. The van der Waals surface area contributed by atoms with Crippen molar-refractivity contribution < 1.29 is 4.74 Å². The van der Waals surface area contributed by atoms with Gasteiger partial charge in [0, 0.05) is 11.3 Å². The van der Waals surface area contributed by atoms with Crippen LogP contribution < -0.4 is 4.74 Å². The second-order valence-corrected chi connectivity index (χ2v) is 6.74. The quantitative estimate of drug-likeness (QED) is 0.461. The van der Waals surface area contributed by atoms with Crippen LogP contribution in [0.3, 0.4) is 0 Å². The highest BCUT2D eigenvalue weighted by molar-refractivity contribution is 6.29. The molecule has 2 aromatic heterocycles. The monoisotopic (exact) mass is 378 g/mol. The molecule has 0 aliphatic rings. The summed E-state index contributed by atoms with van der Waals surface area (Å²) >= 11 is 6.16. The van der Waals surface area contributed by atoms with E-state index in [1.807, 2.05) is 49.4 Å². The van der Waals surface area contributed by atoms with Crippen LogP contribution in [0.4, 0.5) is 0 Å². The Morgan fingerprint density at radius 2 is 2.00 bits per heavy atom. The van der Waals surface area contributed by atoms with Gasteiger partial charge in [0.25, 0.3) is 0 Å². The van der Waals surface area contributed by atoms with Gasteiger partial charge in [-0.2, -0.15) is 0 Å². The molecule has 0 saturated heterocycles. The molecule has 1 N–H and O–H groups in total. The fraction of sp³-hybridized carbons (Fsp3) is 0.174. The Balaban J connectivity index is 1.97. The maximum Gasteiger partial charge on any atom is 0.147 e. The first-order valence-corrected chi connectivity index (χ1v) is 9.35. The highest BCUT2D eigenvalue weighted by atomic mass is 35.5. The van der Waals surface area contributed by atoms with Crippen molar-refractivity contribution in [3.8, 4) is 17.1 Å². The average Bonchev–Trinajstić information content (AvgIpc) is 3.10. The van der Waals surface area contributed by atoms with E-state index in [1.54, 1.807) is 6.07 Å². The second-order valence-electron chi connectivity index (χ2n) is 6.36. The van der Waals surface area contributed by atoms with Crippen LogP contribution in [-0.2, 0) is 6.61 Å². The summed E-state index contributed by atoms with van der Waals surface area (Å²) in [6, 6.07) is 15.7. The number of benzene rings is 1. The van der Waals surface area contributed by atoms with Crippen molar-refractivity contribution >= 4 is 23.3 Å². The number of H-pyrrole nitrogens is 1. The van der Waals surface area contributed by atoms with Crippen molar-refractivity contribution in [3.05, 3.63) is 83.2 Å². The van der Waals surface area contributed by atoms with Crippen molar-refractivity contribution in [1.29, 1.82) is 0 Å². The molecule has 4 heteroatoms. The van der Waals surface area contributed by atoms with Crippen LogP contribution >= 0.6 is 11.6 Å². The number of halogens is 1. The Labute approximate surface area is 165 Å². The van der Waals surface area contributed by atoms with E-state index >= 15 is 0 Å². The lowest BCUT2D eigenvalue weighted by molar-refractivity contribution is 0.306. The van der Waals surface area contributed by atoms with Crippen molar-refractivity contribution in [2.24, 2.45) is 0 Å². The normalized spacial score (nSPS) is 11.1. The van der Waals surface area contributed by atoms with Gasteiger partial charge in [-0.3, -0.25) is 0 Å². The molecule has 0 atom stereocenters. The Bertz CT molecular complexity index is 958. The lowest BCUT2D eigenvalue weighted by atomic mass is 10.1. The third kappa shape index (κ3) is 4.69. The van der Waals surface area contributed by atoms with E-state index in [0.717, 1.165) is 34.5 Å². The van der Waals surface area contributed by atoms with Gasteiger partial charge < -0.3 is 9.72 Å². The summed E-state index contributed by atoms with van der Waals surface area (Å²) in [7, 11) is 0. The topological polar surface area (TPSA) is 37.9 Å². The summed E-state index contributed by atoms with van der Waals surface area (Å²) in [5.74, 6) is 0.684. The molecule has 3 nitrogen and oxygen atoms in total. The molecule has 0 spiro atoms. The average molecular weight is 379 g/mol. The third-order valence-corrected chi connectivity index (χ3v) is 4.36. The smallest absolute Gasteiger partial charge is 0.147 e. The number of hydrogen-bond acceptors (Lipinski definition) is 2. The van der Waals surface area contributed by atoms with Crippen LogP contribution in [0.15, 0.2) is 61.2 Å². The van der Waals surface area contributed by atoms with E-state index in [1.165, 1.54) is 0 Å². The zero-order chi connectivity index (χ0) is 19.2. The van der Waals surface area contributed by atoms with Gasteiger partial charge in [0.05, 0.1) is 5.69 Å². The summed E-state index contributed by atoms with van der Waals surface area (Å²) in [4.78, 5) is 7.94. The Hall–Kier alpha value is -2.78. The summed E-state index contributed by atoms with van der Waals surface area (Å²) in [5, 5.41) is 0.425. The first-order valence-electron chi connectivity index (χ1n) is 8.97. The molecule has 138 valence electrons. The van der Waals surface area contributed by atoms with Crippen LogP contribution in [0.25, 0.3) is 23.0 Å². The van der Waals surface area contributed by atoms with E-state index in [9.17, 15) is 0 Å². The van der Waals surface area contributed by atoms with E-state index < -0.39 is 0 Å². The van der Waals surface area contributed by atoms with Crippen molar-refractivity contribution in [3.63, 3.8) is 0 Å². The Morgan fingerprint density at radius 3 is 2.70 bits per heavy atom. The second kappa shape index (κ2) is 8.74. The van der Waals surface area contributed by atoms with Crippen LogP contribution in [-0.4, -0.2) is 9.97 Å². The maximum atomic E-state index is 6.16. The molecule has 0 unspecified atom stereocenters. The zero-order valence-electron chi connectivity index (χ0n) is 15.6. The highest BCUT2D eigenvalue weighted by Crippen LogP contribution is 2.33. The number of hydrogen-bond donors (Lipinski definition) is 1. The zero-order valence-corrected chi connectivity index (χ0v) is 16.4. The SMILES string of the molecule is C=C(C)c1cc(-c2nc(Cl)ccc2OCc2ccccc2)[nH]c1C=CCC. The molecule has 0 radical (unpaired) electrons. The molecule has 0 aliphatic heterocycles. The summed E-state index contributed by atoms with van der Waals surface area (Å²) in [5.41, 5.74) is 5.70. The molecule has 3 aromatic rings. The minimum Gasteiger partial charge on any atom is -0.487 e. The number of allylic oxidation sites excluding steroid dienone is 2. The number of ether oxygens (including phenoxy) is 1. The van der Waals surface area contributed by atoms with Gasteiger partial charge in [-0.15, -0.1) is 0 Å². The van der Waals surface area contributed by atoms with Crippen LogP contribution in [0, 0.1) is 0 Å². The number of pyridine rings is 1. The van der Waals surface area contributed by atoms with Crippen LogP contribution in [0.5, 0.6) is 5.75 Å². The number of aromatic amines is 1. The minimum atomic E-state index is 0.425. The van der Waals surface area contributed by atoms with Gasteiger partial charge in [-0.1, -0.05) is 61.5 Å². The lowest BCUT2D eigenvalue weighted by Crippen LogP contribution is -1.98.